The van der Waals surface area contributed by atoms with Crippen LogP contribution in [0.2, 0.25) is 0 Å². The largest absolute Gasteiger partial charge is 0.508 e. The van der Waals surface area contributed by atoms with Gasteiger partial charge in [-0.2, -0.15) is 0 Å². The molecule has 0 heterocycles. The van der Waals surface area contributed by atoms with Crippen molar-refractivity contribution in [2.45, 2.75) is 12.5 Å². The molecule has 0 unspecified atom stereocenters. The van der Waals surface area contributed by atoms with Gasteiger partial charge in [-0.1, -0.05) is 0 Å². The Labute approximate surface area is 98.1 Å². The number of hydrogen-bond donors (Lipinski definition) is 5. The second-order valence-corrected chi connectivity index (χ2v) is 4.07. The molecule has 1 amide bonds. The lowest BCUT2D eigenvalue weighted by atomic mass is 10.0. The fourth-order valence-electron chi connectivity index (χ4n) is 1.20. The van der Waals surface area contributed by atoms with Crippen LogP contribution in [-0.2, 0) is 0 Å². The minimum Gasteiger partial charge on any atom is -0.508 e. The highest BCUT2D eigenvalue weighted by atomic mass is 16.3. The van der Waals surface area contributed by atoms with E-state index in [4.69, 9.17) is 10.2 Å². The third-order valence-electron chi connectivity index (χ3n) is 2.28. The SMILES string of the molecule is CC(CO)(CO)NC(=O)c1cc(O)cc(O)c1. The van der Waals surface area contributed by atoms with E-state index < -0.39 is 24.7 Å². The van der Waals surface area contributed by atoms with Crippen LogP contribution in [0.15, 0.2) is 18.2 Å². The summed E-state index contributed by atoms with van der Waals surface area (Å²) in [6.07, 6.45) is 0. The molecule has 0 spiro atoms. The Bertz CT molecular complexity index is 394. The lowest BCUT2D eigenvalue weighted by Gasteiger charge is -2.26. The summed E-state index contributed by atoms with van der Waals surface area (Å²) in [5.74, 6) is -1.10. The number of aliphatic hydroxyl groups is 2. The van der Waals surface area contributed by atoms with Crippen LogP contribution in [0.25, 0.3) is 0 Å². The highest BCUT2D eigenvalue weighted by Gasteiger charge is 2.25. The van der Waals surface area contributed by atoms with Crippen LogP contribution in [0.3, 0.4) is 0 Å². The van der Waals surface area contributed by atoms with Crippen molar-refractivity contribution in [3.8, 4) is 11.5 Å². The molecule has 0 aliphatic rings. The van der Waals surface area contributed by atoms with Crippen molar-refractivity contribution >= 4 is 5.91 Å². The maximum Gasteiger partial charge on any atom is 0.252 e. The van der Waals surface area contributed by atoms with Crippen molar-refractivity contribution in [1.29, 1.82) is 0 Å². The molecule has 1 aromatic rings. The first-order valence-corrected chi connectivity index (χ1v) is 4.97. The second-order valence-electron chi connectivity index (χ2n) is 4.07. The van der Waals surface area contributed by atoms with E-state index in [0.29, 0.717) is 0 Å². The van der Waals surface area contributed by atoms with Gasteiger partial charge >= 0.3 is 0 Å². The number of rotatable bonds is 4. The first-order chi connectivity index (χ1) is 7.90. The molecular formula is C11H15NO5. The van der Waals surface area contributed by atoms with Crippen LogP contribution >= 0.6 is 0 Å². The fraction of sp³-hybridized carbons (Fsp3) is 0.364. The van der Waals surface area contributed by atoms with E-state index in [9.17, 15) is 15.0 Å². The third kappa shape index (κ3) is 3.33. The maximum atomic E-state index is 11.7. The molecule has 0 atom stereocenters. The van der Waals surface area contributed by atoms with Gasteiger partial charge in [0.15, 0.2) is 0 Å². The summed E-state index contributed by atoms with van der Waals surface area (Å²) in [7, 11) is 0. The predicted molar refractivity (Wildman–Crippen MR) is 59.8 cm³/mol. The van der Waals surface area contributed by atoms with E-state index in [1.165, 1.54) is 19.1 Å². The van der Waals surface area contributed by atoms with Gasteiger partial charge in [0.1, 0.15) is 11.5 Å². The van der Waals surface area contributed by atoms with Crippen molar-refractivity contribution < 1.29 is 25.2 Å². The van der Waals surface area contributed by atoms with Crippen molar-refractivity contribution in [3.05, 3.63) is 23.8 Å². The number of carbonyl (C=O) groups is 1. The molecule has 0 aliphatic heterocycles. The molecule has 6 heteroatoms. The number of aromatic hydroxyl groups is 2. The van der Waals surface area contributed by atoms with E-state index in [-0.39, 0.29) is 17.1 Å². The summed E-state index contributed by atoms with van der Waals surface area (Å²) in [6.45, 7) is 0.605. The second kappa shape index (κ2) is 5.03. The quantitative estimate of drug-likeness (QED) is 0.491. The third-order valence-corrected chi connectivity index (χ3v) is 2.28. The minimum absolute atomic E-state index is 0.0376. The van der Waals surface area contributed by atoms with Crippen molar-refractivity contribution in [2.75, 3.05) is 13.2 Å². The van der Waals surface area contributed by atoms with Crippen molar-refractivity contribution in [1.82, 2.24) is 5.32 Å². The Morgan fingerprint density at radius 3 is 2.06 bits per heavy atom. The first-order valence-electron chi connectivity index (χ1n) is 4.97. The smallest absolute Gasteiger partial charge is 0.252 e. The van der Waals surface area contributed by atoms with Gasteiger partial charge in [0.25, 0.3) is 5.91 Å². The number of amides is 1. The normalized spacial score (nSPS) is 11.2. The molecule has 0 saturated carbocycles. The maximum absolute atomic E-state index is 11.7. The monoisotopic (exact) mass is 241 g/mol. The van der Waals surface area contributed by atoms with Crippen LogP contribution < -0.4 is 5.32 Å². The van der Waals surface area contributed by atoms with Gasteiger partial charge in [-0.15, -0.1) is 0 Å². The van der Waals surface area contributed by atoms with Crippen LogP contribution in [0.4, 0.5) is 0 Å². The lowest BCUT2D eigenvalue weighted by molar-refractivity contribution is 0.0723. The highest BCUT2D eigenvalue weighted by Crippen LogP contribution is 2.20. The molecule has 0 saturated heterocycles. The zero-order valence-corrected chi connectivity index (χ0v) is 9.34. The van der Waals surface area contributed by atoms with Crippen molar-refractivity contribution in [2.24, 2.45) is 0 Å². The fourth-order valence-corrected chi connectivity index (χ4v) is 1.20. The van der Waals surface area contributed by atoms with Gasteiger partial charge < -0.3 is 25.7 Å². The molecule has 0 radical (unpaired) electrons. The van der Waals surface area contributed by atoms with Gasteiger partial charge in [0.05, 0.1) is 18.8 Å². The van der Waals surface area contributed by atoms with E-state index in [1.54, 1.807) is 0 Å². The van der Waals surface area contributed by atoms with Crippen molar-refractivity contribution in [3.63, 3.8) is 0 Å². The summed E-state index contributed by atoms with van der Waals surface area (Å²) in [4.78, 5) is 11.7. The number of nitrogens with one attached hydrogen (secondary N) is 1. The van der Waals surface area contributed by atoms with E-state index in [1.807, 2.05) is 0 Å². The minimum atomic E-state index is -1.15. The van der Waals surface area contributed by atoms with Gasteiger partial charge in [-0.3, -0.25) is 4.79 Å². The van der Waals surface area contributed by atoms with E-state index in [0.717, 1.165) is 6.07 Å². The summed E-state index contributed by atoms with van der Waals surface area (Å²) in [5, 5.41) is 38.9. The number of benzene rings is 1. The Morgan fingerprint density at radius 1 is 1.18 bits per heavy atom. The molecular weight excluding hydrogens is 226 g/mol. The molecule has 0 bridgehead atoms. The van der Waals surface area contributed by atoms with E-state index in [2.05, 4.69) is 5.32 Å². The highest BCUT2D eigenvalue weighted by molar-refractivity contribution is 5.95. The summed E-state index contributed by atoms with van der Waals surface area (Å²) in [6, 6.07) is 3.43. The van der Waals surface area contributed by atoms with Crippen LogP contribution in [0, 0.1) is 0 Å². The molecule has 5 N–H and O–H groups in total. The summed E-state index contributed by atoms with van der Waals surface area (Å²) in [5.41, 5.74) is -1.12. The summed E-state index contributed by atoms with van der Waals surface area (Å²) < 4.78 is 0. The van der Waals surface area contributed by atoms with Gasteiger partial charge in [-0.25, -0.2) is 0 Å². The zero-order valence-electron chi connectivity index (χ0n) is 9.34. The number of phenolic OH excluding ortho intramolecular Hbond substituents is 2. The van der Waals surface area contributed by atoms with E-state index >= 15 is 0 Å². The Balaban J connectivity index is 2.90. The molecule has 0 aromatic heterocycles. The zero-order chi connectivity index (χ0) is 13.1. The van der Waals surface area contributed by atoms with Crippen LogP contribution in [0.5, 0.6) is 11.5 Å². The molecule has 0 fully saturated rings. The molecule has 17 heavy (non-hydrogen) atoms. The molecule has 6 nitrogen and oxygen atoms in total. The molecule has 1 aromatic carbocycles. The predicted octanol–water partition coefficient (Wildman–Crippen LogP) is -0.429. The Kier molecular flexibility index (Phi) is 3.93. The average Bonchev–Trinajstić information content (AvgIpc) is 2.27. The topological polar surface area (TPSA) is 110 Å². The standard InChI is InChI=1S/C11H15NO5/c1-11(5-13,6-14)12-10(17)7-2-8(15)4-9(16)3-7/h2-4,13-16H,5-6H2,1H3,(H,12,17). The number of carbonyl (C=O) groups excluding carboxylic acids is 1. The van der Waals surface area contributed by atoms with Crippen LogP contribution in [0.1, 0.15) is 17.3 Å². The Morgan fingerprint density at radius 2 is 1.65 bits per heavy atom. The summed E-state index contributed by atoms with van der Waals surface area (Å²) >= 11 is 0. The number of aliphatic hydroxyl groups excluding tert-OH is 2. The van der Waals surface area contributed by atoms with Gasteiger partial charge in [0.2, 0.25) is 0 Å². The number of hydrogen-bond acceptors (Lipinski definition) is 5. The molecule has 94 valence electrons. The molecule has 1 rings (SSSR count). The lowest BCUT2D eigenvalue weighted by Crippen LogP contribution is -2.51. The molecule has 0 aliphatic carbocycles. The van der Waals surface area contributed by atoms with Crippen LogP contribution in [-0.4, -0.2) is 45.1 Å². The van der Waals surface area contributed by atoms with Gasteiger partial charge in [0, 0.05) is 11.6 Å². The van der Waals surface area contributed by atoms with Gasteiger partial charge in [-0.05, 0) is 19.1 Å². The average molecular weight is 241 g/mol. The Hall–Kier alpha value is -1.79. The first kappa shape index (κ1) is 13.3. The number of phenols is 2.